The van der Waals surface area contributed by atoms with Crippen molar-refractivity contribution in [1.29, 1.82) is 0 Å². The van der Waals surface area contributed by atoms with Gasteiger partial charge in [-0.2, -0.15) is 13.2 Å². The first kappa shape index (κ1) is 17.4. The Balaban J connectivity index is 2.35. The second-order valence-corrected chi connectivity index (χ2v) is 7.00. The van der Waals surface area contributed by atoms with Gasteiger partial charge in [-0.15, -0.1) is 0 Å². The van der Waals surface area contributed by atoms with E-state index in [-0.39, 0.29) is 11.5 Å². The molecule has 2 aromatic carbocycles. The van der Waals surface area contributed by atoms with Gasteiger partial charge in [0.1, 0.15) is 11.5 Å². The highest BCUT2D eigenvalue weighted by Gasteiger charge is 2.44. The van der Waals surface area contributed by atoms with Crippen LogP contribution in [0.15, 0.2) is 48.5 Å². The van der Waals surface area contributed by atoms with Crippen molar-refractivity contribution in [2.45, 2.75) is 20.0 Å². The SMILES string of the molecule is Cc1ccccc1OP(=O)(CC(F)(F)F)Oc1ccccc1C. The first-order valence-electron chi connectivity index (χ1n) is 6.85. The van der Waals surface area contributed by atoms with E-state index in [0.717, 1.165) is 0 Å². The fraction of sp³-hybridized carbons (Fsp3) is 0.250. The summed E-state index contributed by atoms with van der Waals surface area (Å²) in [7, 11) is -4.46. The van der Waals surface area contributed by atoms with Crippen molar-refractivity contribution in [2.24, 2.45) is 0 Å². The molecule has 2 aromatic rings. The van der Waals surface area contributed by atoms with E-state index in [0.29, 0.717) is 11.1 Å². The smallest absolute Gasteiger partial charge is 0.416 e. The zero-order chi connectivity index (χ0) is 17.1. The van der Waals surface area contributed by atoms with E-state index in [9.17, 15) is 17.7 Å². The lowest BCUT2D eigenvalue weighted by atomic mass is 10.2. The fourth-order valence-electron chi connectivity index (χ4n) is 1.92. The van der Waals surface area contributed by atoms with Crippen LogP contribution in [0.1, 0.15) is 11.1 Å². The van der Waals surface area contributed by atoms with Crippen LogP contribution in [0.25, 0.3) is 0 Å². The van der Waals surface area contributed by atoms with Gasteiger partial charge in [-0.05, 0) is 37.1 Å². The molecule has 0 spiro atoms. The number of halogens is 3. The lowest BCUT2D eigenvalue weighted by molar-refractivity contribution is -0.108. The van der Waals surface area contributed by atoms with Crippen molar-refractivity contribution in [3.05, 3.63) is 59.7 Å². The van der Waals surface area contributed by atoms with E-state index in [1.54, 1.807) is 50.2 Å². The van der Waals surface area contributed by atoms with Gasteiger partial charge in [0.15, 0.2) is 6.16 Å². The van der Waals surface area contributed by atoms with Gasteiger partial charge in [0.05, 0.1) is 0 Å². The Labute approximate surface area is 132 Å². The Kier molecular flexibility index (Phi) is 5.05. The zero-order valence-electron chi connectivity index (χ0n) is 12.6. The maximum Gasteiger partial charge on any atom is 0.439 e. The monoisotopic (exact) mass is 344 g/mol. The third-order valence-electron chi connectivity index (χ3n) is 3.03. The van der Waals surface area contributed by atoms with Crippen LogP contribution in [0.3, 0.4) is 0 Å². The Morgan fingerprint density at radius 2 is 1.26 bits per heavy atom. The summed E-state index contributed by atoms with van der Waals surface area (Å²) in [5.74, 6) is 0.210. The quantitative estimate of drug-likeness (QED) is 0.670. The number of alkyl halides is 3. The van der Waals surface area contributed by atoms with Gasteiger partial charge < -0.3 is 9.05 Å². The molecule has 0 saturated carbocycles. The predicted octanol–water partition coefficient (Wildman–Crippen LogP) is 5.52. The lowest BCUT2D eigenvalue weighted by Gasteiger charge is -2.22. The topological polar surface area (TPSA) is 35.5 Å². The molecule has 2 rings (SSSR count). The van der Waals surface area contributed by atoms with E-state index in [2.05, 4.69) is 0 Å². The molecule has 0 aliphatic heterocycles. The van der Waals surface area contributed by atoms with Crippen LogP contribution in [-0.2, 0) is 4.57 Å². The third-order valence-corrected chi connectivity index (χ3v) is 4.73. The molecule has 124 valence electrons. The number of aryl methyl sites for hydroxylation is 2. The molecule has 0 saturated heterocycles. The van der Waals surface area contributed by atoms with Crippen molar-refractivity contribution in [3.8, 4) is 11.5 Å². The molecule has 3 nitrogen and oxygen atoms in total. The molecule has 0 atom stereocenters. The van der Waals surface area contributed by atoms with Crippen LogP contribution in [-0.4, -0.2) is 12.3 Å². The lowest BCUT2D eigenvalue weighted by Crippen LogP contribution is -2.19. The summed E-state index contributed by atoms with van der Waals surface area (Å²) >= 11 is 0. The van der Waals surface area contributed by atoms with Crippen LogP contribution in [0, 0.1) is 13.8 Å². The highest BCUT2D eigenvalue weighted by atomic mass is 31.2. The molecule has 0 aromatic heterocycles. The highest BCUT2D eigenvalue weighted by molar-refractivity contribution is 7.54. The van der Waals surface area contributed by atoms with Crippen molar-refractivity contribution in [2.75, 3.05) is 6.16 Å². The standard InChI is InChI=1S/C16H16F3O3P/c1-12-7-3-5-9-14(12)21-23(20,11-16(17,18)19)22-15-10-6-4-8-13(15)2/h3-10H,11H2,1-2H3. The summed E-state index contributed by atoms with van der Waals surface area (Å²) in [4.78, 5) is 0. The summed E-state index contributed by atoms with van der Waals surface area (Å²) in [6, 6.07) is 12.8. The molecule has 0 heterocycles. The van der Waals surface area contributed by atoms with Crippen LogP contribution in [0.2, 0.25) is 0 Å². The first-order valence-corrected chi connectivity index (χ1v) is 8.58. The zero-order valence-corrected chi connectivity index (χ0v) is 13.5. The van der Waals surface area contributed by atoms with E-state index >= 15 is 0 Å². The average Bonchev–Trinajstić information content (AvgIpc) is 2.42. The Morgan fingerprint density at radius 3 is 1.61 bits per heavy atom. The van der Waals surface area contributed by atoms with Crippen molar-refractivity contribution in [1.82, 2.24) is 0 Å². The molecule has 0 unspecified atom stereocenters. The van der Waals surface area contributed by atoms with Crippen molar-refractivity contribution < 1.29 is 26.8 Å². The maximum absolute atomic E-state index is 12.8. The van der Waals surface area contributed by atoms with E-state index in [4.69, 9.17) is 9.05 Å². The van der Waals surface area contributed by atoms with E-state index < -0.39 is 19.9 Å². The van der Waals surface area contributed by atoms with Crippen LogP contribution in [0.5, 0.6) is 11.5 Å². The van der Waals surface area contributed by atoms with E-state index in [1.807, 2.05) is 0 Å². The summed E-state index contributed by atoms with van der Waals surface area (Å²) in [6.45, 7) is 3.31. The van der Waals surface area contributed by atoms with Crippen molar-refractivity contribution in [3.63, 3.8) is 0 Å². The second kappa shape index (κ2) is 6.67. The number of para-hydroxylation sites is 2. The minimum Gasteiger partial charge on any atom is -0.416 e. The summed E-state index contributed by atoms with van der Waals surface area (Å²) in [6.07, 6.45) is -6.34. The van der Waals surface area contributed by atoms with Crippen molar-refractivity contribution >= 4 is 7.60 Å². The van der Waals surface area contributed by atoms with Gasteiger partial charge in [-0.1, -0.05) is 36.4 Å². The molecule has 0 aliphatic carbocycles. The third kappa shape index (κ3) is 5.03. The molecule has 0 aliphatic rings. The summed E-state index contributed by atoms with van der Waals surface area (Å²) in [5, 5.41) is 0. The van der Waals surface area contributed by atoms with Gasteiger partial charge in [0.2, 0.25) is 0 Å². The van der Waals surface area contributed by atoms with Gasteiger partial charge in [0, 0.05) is 0 Å². The molecular weight excluding hydrogens is 328 g/mol. The van der Waals surface area contributed by atoms with Gasteiger partial charge in [-0.25, -0.2) is 4.57 Å². The number of benzene rings is 2. The molecule has 0 fully saturated rings. The normalized spacial score (nSPS) is 12.0. The maximum atomic E-state index is 12.8. The summed E-state index contributed by atoms with van der Waals surface area (Å²) < 4.78 is 61.5. The highest BCUT2D eigenvalue weighted by Crippen LogP contribution is 2.52. The second-order valence-electron chi connectivity index (χ2n) is 5.10. The minimum atomic E-state index is -4.68. The Hall–Kier alpha value is -1.94. The van der Waals surface area contributed by atoms with Gasteiger partial charge in [0.25, 0.3) is 0 Å². The molecule has 7 heteroatoms. The van der Waals surface area contributed by atoms with Crippen LogP contribution < -0.4 is 9.05 Å². The molecule has 23 heavy (non-hydrogen) atoms. The molecule has 0 N–H and O–H groups in total. The molecule has 0 amide bonds. The minimum absolute atomic E-state index is 0.105. The summed E-state index contributed by atoms with van der Waals surface area (Å²) in [5.41, 5.74) is 1.14. The Morgan fingerprint density at radius 1 is 0.870 bits per heavy atom. The molecular formula is C16H16F3O3P. The number of hydrogen-bond donors (Lipinski definition) is 0. The molecule has 0 radical (unpaired) electrons. The molecule has 0 bridgehead atoms. The average molecular weight is 344 g/mol. The number of rotatable bonds is 5. The largest absolute Gasteiger partial charge is 0.439 e. The van der Waals surface area contributed by atoms with Gasteiger partial charge >= 0.3 is 13.8 Å². The number of hydrogen-bond acceptors (Lipinski definition) is 3. The fourth-order valence-corrected chi connectivity index (χ4v) is 3.53. The van der Waals surface area contributed by atoms with Gasteiger partial charge in [-0.3, -0.25) is 0 Å². The predicted molar refractivity (Wildman–Crippen MR) is 82.1 cm³/mol. The Bertz CT molecular complexity index is 677. The first-order chi connectivity index (χ1) is 10.7. The van der Waals surface area contributed by atoms with Crippen LogP contribution >= 0.6 is 7.60 Å². The van der Waals surface area contributed by atoms with Crippen LogP contribution in [0.4, 0.5) is 13.2 Å². The van der Waals surface area contributed by atoms with E-state index in [1.165, 1.54) is 12.1 Å².